The number of ether oxygens (including phenoxy) is 1. The number of benzene rings is 1. The Morgan fingerprint density at radius 2 is 2.08 bits per heavy atom. The van der Waals surface area contributed by atoms with E-state index in [0.717, 1.165) is 6.42 Å². The maximum Gasteiger partial charge on any atom is 0.243 e. The first-order valence-electron chi connectivity index (χ1n) is 7.86. The van der Waals surface area contributed by atoms with E-state index in [2.05, 4.69) is 4.98 Å². The molecule has 2 fully saturated rings. The number of imidazole rings is 1. The van der Waals surface area contributed by atoms with Crippen LogP contribution in [0.15, 0.2) is 47.9 Å². The molecule has 4 rings (SSSR count). The molecule has 8 heteroatoms. The van der Waals surface area contributed by atoms with Gasteiger partial charge in [-0.25, -0.2) is 17.8 Å². The molecule has 0 amide bonds. The van der Waals surface area contributed by atoms with Crippen molar-refractivity contribution in [3.8, 4) is 0 Å². The van der Waals surface area contributed by atoms with Crippen molar-refractivity contribution in [2.75, 3.05) is 19.7 Å². The van der Waals surface area contributed by atoms with Crippen molar-refractivity contribution < 1.29 is 17.5 Å². The molecule has 0 bridgehead atoms. The fourth-order valence-corrected chi connectivity index (χ4v) is 5.07. The van der Waals surface area contributed by atoms with Crippen molar-refractivity contribution in [1.29, 1.82) is 0 Å². The Morgan fingerprint density at radius 3 is 2.79 bits per heavy atom. The van der Waals surface area contributed by atoms with Gasteiger partial charge in [0.05, 0.1) is 29.5 Å². The first-order valence-corrected chi connectivity index (χ1v) is 9.30. The Labute approximate surface area is 139 Å². The largest absolute Gasteiger partial charge is 0.371 e. The van der Waals surface area contributed by atoms with Gasteiger partial charge in [-0.15, -0.1) is 0 Å². The van der Waals surface area contributed by atoms with E-state index in [1.165, 1.54) is 28.6 Å². The number of halogens is 1. The molecular formula is C16H18FN3O3S. The molecule has 0 radical (unpaired) electrons. The Bertz CT molecular complexity index is 823. The molecule has 3 heterocycles. The molecule has 1 spiro atoms. The Hall–Kier alpha value is -1.77. The highest BCUT2D eigenvalue weighted by Gasteiger charge is 2.49. The van der Waals surface area contributed by atoms with Gasteiger partial charge in [0.25, 0.3) is 0 Å². The van der Waals surface area contributed by atoms with Gasteiger partial charge in [-0.1, -0.05) is 0 Å². The Morgan fingerprint density at radius 1 is 1.29 bits per heavy atom. The fraction of sp³-hybridized carbons (Fsp3) is 0.438. The quantitative estimate of drug-likeness (QED) is 0.846. The van der Waals surface area contributed by atoms with Gasteiger partial charge in [-0.2, -0.15) is 4.31 Å². The molecule has 1 aromatic heterocycles. The van der Waals surface area contributed by atoms with E-state index in [1.54, 1.807) is 12.5 Å². The van der Waals surface area contributed by atoms with Crippen LogP contribution in [0.25, 0.3) is 0 Å². The minimum absolute atomic E-state index is 0.116. The van der Waals surface area contributed by atoms with Gasteiger partial charge in [0.1, 0.15) is 5.82 Å². The highest BCUT2D eigenvalue weighted by Crippen LogP contribution is 2.41. The van der Waals surface area contributed by atoms with Gasteiger partial charge in [-0.05, 0) is 30.7 Å². The second kappa shape index (κ2) is 5.65. The molecule has 2 aliphatic heterocycles. The molecular weight excluding hydrogens is 333 g/mol. The average Bonchev–Trinajstić information content (AvgIpc) is 3.30. The summed E-state index contributed by atoms with van der Waals surface area (Å²) in [6.07, 6.45) is 6.81. The van der Waals surface area contributed by atoms with Crippen molar-refractivity contribution in [3.63, 3.8) is 0 Å². The molecule has 2 aromatic rings. The summed E-state index contributed by atoms with van der Waals surface area (Å²) in [6.45, 7) is 1.30. The van der Waals surface area contributed by atoms with E-state index in [0.29, 0.717) is 26.1 Å². The van der Waals surface area contributed by atoms with Crippen LogP contribution < -0.4 is 0 Å². The second-order valence-corrected chi connectivity index (χ2v) is 8.34. The first-order chi connectivity index (χ1) is 11.5. The van der Waals surface area contributed by atoms with Crippen LogP contribution in [0.5, 0.6) is 0 Å². The van der Waals surface area contributed by atoms with Crippen LogP contribution in [0.1, 0.15) is 18.9 Å². The highest BCUT2D eigenvalue weighted by atomic mass is 32.2. The van der Waals surface area contributed by atoms with E-state index in [9.17, 15) is 12.8 Å². The summed E-state index contributed by atoms with van der Waals surface area (Å²) in [5, 5.41) is 0. The van der Waals surface area contributed by atoms with E-state index in [4.69, 9.17) is 4.74 Å². The normalized spacial score (nSPS) is 28.0. The molecule has 2 saturated heterocycles. The zero-order valence-corrected chi connectivity index (χ0v) is 13.8. The summed E-state index contributed by atoms with van der Waals surface area (Å²) >= 11 is 0. The average molecular weight is 351 g/mol. The van der Waals surface area contributed by atoms with Crippen LogP contribution in [-0.2, 0) is 14.8 Å². The van der Waals surface area contributed by atoms with Crippen molar-refractivity contribution in [3.05, 3.63) is 48.8 Å². The lowest BCUT2D eigenvalue weighted by atomic mass is 9.97. The molecule has 2 atom stereocenters. The molecule has 24 heavy (non-hydrogen) atoms. The Kier molecular flexibility index (Phi) is 3.70. The van der Waals surface area contributed by atoms with Gasteiger partial charge in [-0.3, -0.25) is 0 Å². The summed E-state index contributed by atoms with van der Waals surface area (Å²) < 4.78 is 47.9. The van der Waals surface area contributed by atoms with Gasteiger partial charge in [0, 0.05) is 31.9 Å². The van der Waals surface area contributed by atoms with Crippen LogP contribution >= 0.6 is 0 Å². The third-order valence-electron chi connectivity index (χ3n) is 4.87. The fourth-order valence-electron chi connectivity index (χ4n) is 3.55. The zero-order valence-electron chi connectivity index (χ0n) is 13.0. The maximum absolute atomic E-state index is 13.0. The van der Waals surface area contributed by atoms with Crippen LogP contribution in [0.2, 0.25) is 0 Å². The molecule has 2 aliphatic rings. The molecule has 0 unspecified atom stereocenters. The van der Waals surface area contributed by atoms with E-state index in [-0.39, 0.29) is 10.9 Å². The number of hydrogen-bond donors (Lipinski definition) is 0. The van der Waals surface area contributed by atoms with Crippen LogP contribution in [0.3, 0.4) is 0 Å². The third-order valence-corrected chi connectivity index (χ3v) is 6.73. The topological polar surface area (TPSA) is 64.4 Å². The number of nitrogens with zero attached hydrogens (tertiary/aromatic N) is 3. The monoisotopic (exact) mass is 351 g/mol. The van der Waals surface area contributed by atoms with E-state index < -0.39 is 21.4 Å². The number of aromatic nitrogens is 2. The third kappa shape index (κ3) is 2.64. The molecule has 0 saturated carbocycles. The van der Waals surface area contributed by atoms with Crippen LogP contribution in [0, 0.1) is 5.82 Å². The highest BCUT2D eigenvalue weighted by molar-refractivity contribution is 7.89. The zero-order chi connectivity index (χ0) is 16.8. The molecule has 0 aliphatic carbocycles. The van der Waals surface area contributed by atoms with Gasteiger partial charge >= 0.3 is 0 Å². The number of hydrogen-bond acceptors (Lipinski definition) is 4. The lowest BCUT2D eigenvalue weighted by Crippen LogP contribution is -2.35. The summed E-state index contributed by atoms with van der Waals surface area (Å²) in [6, 6.07) is 5.12. The van der Waals surface area contributed by atoms with E-state index >= 15 is 0 Å². The minimum Gasteiger partial charge on any atom is -0.371 e. The predicted octanol–water partition coefficient (Wildman–Crippen LogP) is 1.82. The minimum atomic E-state index is -3.62. The molecule has 1 aromatic carbocycles. The lowest BCUT2D eigenvalue weighted by Gasteiger charge is -2.23. The van der Waals surface area contributed by atoms with E-state index in [1.807, 2.05) is 10.8 Å². The predicted molar refractivity (Wildman–Crippen MR) is 84.3 cm³/mol. The summed E-state index contributed by atoms with van der Waals surface area (Å²) in [4.78, 5) is 4.17. The summed E-state index contributed by atoms with van der Waals surface area (Å²) in [5.41, 5.74) is -0.442. The van der Waals surface area contributed by atoms with Crippen LogP contribution in [0.4, 0.5) is 4.39 Å². The van der Waals surface area contributed by atoms with Crippen molar-refractivity contribution >= 4 is 10.0 Å². The molecule has 6 nitrogen and oxygen atoms in total. The Balaban J connectivity index is 1.51. The lowest BCUT2D eigenvalue weighted by molar-refractivity contribution is 0.0165. The standard InChI is InChI=1S/C16H18FN3O3S/c17-13-1-3-15(4-2-13)24(21,22)20-7-5-16(11-20)9-14(10-23-16)19-8-6-18-12-19/h1-4,6,8,12,14H,5,7,9-11H2/t14-,16+/m0/s1. The van der Waals surface area contributed by atoms with Crippen molar-refractivity contribution in [2.45, 2.75) is 29.4 Å². The van der Waals surface area contributed by atoms with Gasteiger partial charge in [0.2, 0.25) is 10.0 Å². The van der Waals surface area contributed by atoms with Crippen molar-refractivity contribution in [1.82, 2.24) is 13.9 Å². The smallest absolute Gasteiger partial charge is 0.243 e. The molecule has 0 N–H and O–H groups in total. The number of rotatable bonds is 3. The first kappa shape index (κ1) is 15.7. The summed E-state index contributed by atoms with van der Waals surface area (Å²) in [5.74, 6) is -0.450. The van der Waals surface area contributed by atoms with Crippen molar-refractivity contribution in [2.24, 2.45) is 0 Å². The second-order valence-electron chi connectivity index (χ2n) is 6.40. The SMILES string of the molecule is O=S(=O)(c1ccc(F)cc1)N1CC[C@@]2(C[C@H](n3ccnc3)CO2)C1. The molecule has 128 valence electrons. The maximum atomic E-state index is 13.0. The number of sulfonamides is 1. The van der Waals surface area contributed by atoms with Crippen LogP contribution in [-0.4, -0.2) is 47.6 Å². The van der Waals surface area contributed by atoms with Gasteiger partial charge < -0.3 is 9.30 Å². The summed E-state index contributed by atoms with van der Waals surface area (Å²) in [7, 11) is -3.62. The van der Waals surface area contributed by atoms with Gasteiger partial charge in [0.15, 0.2) is 0 Å².